The zero-order chi connectivity index (χ0) is 82.3. The molecule has 13 heterocycles. The summed E-state index contributed by atoms with van der Waals surface area (Å²) in [5.41, 5.74) is 29.5. The van der Waals surface area contributed by atoms with E-state index in [2.05, 4.69) is 301 Å². The number of hydrogen-bond acceptors (Lipinski definition) is 15. The molecule has 118 heavy (non-hydrogen) atoms. The van der Waals surface area contributed by atoms with E-state index in [1.165, 1.54) is 123 Å². The number of benzene rings is 7. The van der Waals surface area contributed by atoms with E-state index < -0.39 is 0 Å². The Morgan fingerprint density at radius 1 is 0.263 bits per heavy atom. The quantitative estimate of drug-likeness (QED) is 0.0959. The zero-order valence-corrected chi connectivity index (χ0v) is 73.0. The maximum Gasteiger partial charge on any atom is 0.227 e. The van der Waals surface area contributed by atoms with Crippen LogP contribution in [0.3, 0.4) is 0 Å². The molecule has 0 atom stereocenters. The van der Waals surface area contributed by atoms with Gasteiger partial charge >= 0.3 is 0 Å². The van der Waals surface area contributed by atoms with Crippen LogP contribution in [0.2, 0.25) is 0 Å². The average molecular weight is 1610 g/mol. The summed E-state index contributed by atoms with van der Waals surface area (Å²) >= 11 is 5.39. The predicted molar refractivity (Wildman–Crippen MR) is 502 cm³/mol. The molecule has 15 heteroatoms. The Bertz CT molecular complexity index is 6190. The number of pyridine rings is 5. The normalized spacial score (nSPS) is 11.3. The van der Waals surface area contributed by atoms with Crippen molar-refractivity contribution in [3.05, 3.63) is 292 Å². The third kappa shape index (κ3) is 18.4. The van der Waals surface area contributed by atoms with Crippen LogP contribution < -0.4 is 0 Å². The Kier molecular flexibility index (Phi) is 27.2. The molecule has 0 spiro atoms. The Morgan fingerprint density at radius 2 is 0.780 bits per heavy atom. The highest BCUT2D eigenvalue weighted by molar-refractivity contribution is 7.26. The van der Waals surface area contributed by atoms with Gasteiger partial charge in [-0.1, -0.05) is 170 Å². The summed E-state index contributed by atoms with van der Waals surface area (Å²) in [4.78, 5) is 41.7. The van der Waals surface area contributed by atoms with E-state index in [4.69, 9.17) is 18.2 Å². The Balaban J connectivity index is 0.000000113. The fourth-order valence-electron chi connectivity index (χ4n) is 14.6. The lowest BCUT2D eigenvalue weighted by molar-refractivity contribution is 0.651. The first-order valence-electron chi connectivity index (χ1n) is 42.3. The van der Waals surface area contributed by atoms with Crippen molar-refractivity contribution in [2.24, 2.45) is 0 Å². The highest BCUT2D eigenvalue weighted by Gasteiger charge is 2.16. The molecule has 20 aromatic rings. The van der Waals surface area contributed by atoms with Gasteiger partial charge in [-0.2, -0.15) is 0 Å². The van der Waals surface area contributed by atoms with Gasteiger partial charge in [0, 0.05) is 98.9 Å². The lowest BCUT2D eigenvalue weighted by Gasteiger charge is -2.03. The van der Waals surface area contributed by atoms with E-state index >= 15 is 0 Å². The third-order valence-corrected chi connectivity index (χ3v) is 25.4. The van der Waals surface area contributed by atoms with E-state index in [0.717, 1.165) is 184 Å². The molecule has 0 fully saturated rings. The van der Waals surface area contributed by atoms with Crippen molar-refractivity contribution in [3.63, 3.8) is 0 Å². The fourth-order valence-corrected chi connectivity index (χ4v) is 17.9. The summed E-state index contributed by atoms with van der Waals surface area (Å²) in [6, 6.07) is 64.7. The minimum Gasteiger partial charge on any atom is -0.454 e. The number of nitrogens with zero attached hydrogens (tertiary/aromatic N) is 9. The van der Waals surface area contributed by atoms with Gasteiger partial charge in [0.15, 0.2) is 11.2 Å². The van der Waals surface area contributed by atoms with Crippen molar-refractivity contribution < 1.29 is 13.3 Å². The van der Waals surface area contributed by atoms with Crippen LogP contribution in [-0.4, -0.2) is 44.9 Å². The van der Waals surface area contributed by atoms with E-state index in [-0.39, 0.29) is 0 Å². The molecule has 7 aromatic carbocycles. The first-order chi connectivity index (χ1) is 57.7. The van der Waals surface area contributed by atoms with E-state index in [1.54, 1.807) is 17.7 Å². The zero-order valence-electron chi connectivity index (χ0n) is 70.6. The number of thiophene rings is 3. The molecule has 0 N–H and O–H groups in total. The summed E-state index contributed by atoms with van der Waals surface area (Å²) in [6.45, 7) is 30.1. The van der Waals surface area contributed by atoms with Crippen molar-refractivity contribution in [3.8, 4) is 11.3 Å². The van der Waals surface area contributed by atoms with Crippen molar-refractivity contribution in [1.82, 2.24) is 44.9 Å². The molecule has 0 unspecified atom stereocenters. The first kappa shape index (κ1) is 83.0. The fraction of sp³-hybridized carbons (Fsp3) is 0.272. The number of aryl methyl sites for hydroxylation is 14. The van der Waals surface area contributed by atoms with E-state index in [1.807, 2.05) is 65.7 Å². The molecule has 0 saturated heterocycles. The molecule has 12 nitrogen and oxygen atoms in total. The maximum atomic E-state index is 5.91. The molecule has 0 bridgehead atoms. The van der Waals surface area contributed by atoms with Gasteiger partial charge in [-0.15, -0.1) is 34.0 Å². The van der Waals surface area contributed by atoms with Crippen LogP contribution in [0.4, 0.5) is 0 Å². The highest BCUT2D eigenvalue weighted by atomic mass is 32.1. The minimum atomic E-state index is 0.757. The molecule has 598 valence electrons. The van der Waals surface area contributed by atoms with Crippen LogP contribution in [0.25, 0.3) is 138 Å². The largest absolute Gasteiger partial charge is 0.454 e. The molecule has 0 aliphatic carbocycles. The molecule has 0 radical (unpaired) electrons. The van der Waals surface area contributed by atoms with E-state index in [9.17, 15) is 0 Å². The monoisotopic (exact) mass is 1610 g/mol. The Labute approximate surface area is 704 Å². The van der Waals surface area contributed by atoms with Crippen molar-refractivity contribution in [2.45, 2.75) is 187 Å². The summed E-state index contributed by atoms with van der Waals surface area (Å²) in [5.74, 6) is 0. The summed E-state index contributed by atoms with van der Waals surface area (Å²) in [5, 5.41) is 9.64. The van der Waals surface area contributed by atoms with Crippen LogP contribution in [0.15, 0.2) is 226 Å². The van der Waals surface area contributed by atoms with Gasteiger partial charge in [0.2, 0.25) is 5.71 Å². The summed E-state index contributed by atoms with van der Waals surface area (Å²) in [7, 11) is 0. The molecule has 0 saturated carbocycles. The number of aromatic nitrogens is 9. The number of hydrogen-bond donors (Lipinski definition) is 0. The smallest absolute Gasteiger partial charge is 0.227 e. The SMILES string of the molecule is CCc1ccc(-c2ccc(CC)cn2)cc1.CCc1ccc2c(c1)sc1ccc(CC)nc12.CCc1ccc2oc3c(CC)nccc3c2c1.CCc1ccc2oc3nc(CC)ccc3c2c1.CCc1ccc2sc3c(CC)ncnc3c2c1.CCc1ccc2sc3nc(CC)cnc3c2c1.CCc1cnc2c(c1)oc1ccc(CC)cc12. The van der Waals surface area contributed by atoms with Crippen molar-refractivity contribution in [1.29, 1.82) is 0 Å². The van der Waals surface area contributed by atoms with Gasteiger partial charge in [0.1, 0.15) is 38.9 Å². The second-order valence-corrected chi connectivity index (χ2v) is 32.6. The Hall–Kier alpha value is -11.5. The van der Waals surface area contributed by atoms with Gasteiger partial charge in [-0.25, -0.2) is 19.9 Å². The standard InChI is InChI=1S/3C15H15NO.C15H15NS.C15H17N.2C14H14N2S/c1-3-10-5-8-14-13(9-10)12-7-6-11(4-2)16-15(12)17-14;1-3-10-5-6-13-12(7-10)15-14(17-13)8-11(4-2)9-16-15;1-3-10-5-6-14-12(9-10)11-7-8-16-13(4-2)15(11)17-14;1-3-10-5-7-12-14(9-10)17-13-8-6-11(4-2)16-15(12)13;1-3-12-5-8-14(9-6-12)15-10-7-13(4-2)11-16-15;1-3-9-5-6-12-10(7-9)13-14(17-12)11(4-2)15-8-16-13;1-3-9-5-6-12-11(7-9)13-14(17-12)16-10(4-2)8-15-13/h4*5-9H,3-4H2,1-2H3;5-11H,3-4H2,1-2H3;2*5-8H,3-4H2,1-2H3. The van der Waals surface area contributed by atoms with Crippen molar-refractivity contribution >= 4 is 161 Å². The molecular weight excluding hydrogens is 1510 g/mol. The van der Waals surface area contributed by atoms with Gasteiger partial charge < -0.3 is 13.3 Å². The predicted octanol–water partition coefficient (Wildman–Crippen LogP) is 28.7. The van der Waals surface area contributed by atoms with E-state index in [0.29, 0.717) is 0 Å². The average Bonchev–Trinajstić information content (AvgIpc) is 1.69. The van der Waals surface area contributed by atoms with Crippen molar-refractivity contribution in [2.75, 3.05) is 0 Å². The first-order valence-corrected chi connectivity index (χ1v) is 44.8. The lowest BCUT2D eigenvalue weighted by atomic mass is 10.1. The molecular formula is C103H105N9O3S3. The topological polar surface area (TPSA) is 155 Å². The molecule has 13 aromatic heterocycles. The van der Waals surface area contributed by atoms with Crippen LogP contribution in [-0.2, 0) is 89.9 Å². The highest BCUT2D eigenvalue weighted by Crippen LogP contribution is 2.38. The minimum absolute atomic E-state index is 0.757. The van der Waals surface area contributed by atoms with Gasteiger partial charge in [0.25, 0.3) is 0 Å². The second-order valence-electron chi connectivity index (χ2n) is 29.4. The van der Waals surface area contributed by atoms with Crippen LogP contribution in [0, 0.1) is 0 Å². The molecule has 0 aliphatic rings. The third-order valence-electron chi connectivity index (χ3n) is 22.0. The molecule has 20 rings (SSSR count). The summed E-state index contributed by atoms with van der Waals surface area (Å²) in [6.07, 6.45) is 23.6. The maximum absolute atomic E-state index is 5.91. The van der Waals surface area contributed by atoms with Crippen LogP contribution in [0.5, 0.6) is 0 Å². The molecule has 0 amide bonds. The molecule has 0 aliphatic heterocycles. The number of rotatable bonds is 15. The number of furan rings is 3. The van der Waals surface area contributed by atoms with Gasteiger partial charge in [0.05, 0.1) is 43.2 Å². The van der Waals surface area contributed by atoms with Gasteiger partial charge in [-0.3, -0.25) is 24.9 Å². The van der Waals surface area contributed by atoms with Crippen LogP contribution >= 0.6 is 34.0 Å². The van der Waals surface area contributed by atoms with Gasteiger partial charge in [-0.05, 0) is 249 Å². The summed E-state index contributed by atoms with van der Waals surface area (Å²) < 4.78 is 24.0. The lowest BCUT2D eigenvalue weighted by Crippen LogP contribution is -1.87. The second kappa shape index (κ2) is 38.7. The number of fused-ring (bicyclic) bond motifs is 18. The Morgan fingerprint density at radius 3 is 1.41 bits per heavy atom. The van der Waals surface area contributed by atoms with Crippen LogP contribution in [0.1, 0.15) is 175 Å².